The summed E-state index contributed by atoms with van der Waals surface area (Å²) in [5.41, 5.74) is 1.07. The largest absolute Gasteiger partial charge is 0.348 e. The van der Waals surface area contributed by atoms with Crippen LogP contribution >= 0.6 is 15.9 Å². The Balaban J connectivity index is 2.55. The van der Waals surface area contributed by atoms with Gasteiger partial charge in [-0.15, -0.1) is 0 Å². The summed E-state index contributed by atoms with van der Waals surface area (Å²) in [6.07, 6.45) is 0. The standard InChI is InChI=1S/C14H11BrFN3O/c1-8-12(15)9(2)19(14(20)18-8)7-11-5-3-4-10(6-17)13(11)16/h3-5H,7H2,1-2H3. The number of nitriles is 1. The van der Waals surface area contributed by atoms with Gasteiger partial charge in [0.2, 0.25) is 0 Å². The molecule has 2 rings (SSSR count). The molecule has 1 aromatic carbocycles. The van der Waals surface area contributed by atoms with Gasteiger partial charge in [0.1, 0.15) is 11.9 Å². The van der Waals surface area contributed by atoms with Gasteiger partial charge in [-0.2, -0.15) is 10.2 Å². The summed E-state index contributed by atoms with van der Waals surface area (Å²) in [6.45, 7) is 3.52. The quantitative estimate of drug-likeness (QED) is 0.847. The molecule has 0 saturated heterocycles. The van der Waals surface area contributed by atoms with E-state index >= 15 is 0 Å². The second kappa shape index (κ2) is 5.55. The smallest absolute Gasteiger partial charge is 0.291 e. The molecule has 0 N–H and O–H groups in total. The maximum absolute atomic E-state index is 14.0. The van der Waals surface area contributed by atoms with Crippen molar-refractivity contribution in [3.8, 4) is 6.07 Å². The zero-order valence-electron chi connectivity index (χ0n) is 10.9. The molecule has 0 aliphatic heterocycles. The first-order valence-corrected chi connectivity index (χ1v) is 6.66. The van der Waals surface area contributed by atoms with Gasteiger partial charge < -0.3 is 0 Å². The SMILES string of the molecule is Cc1nc(=O)n(Cc2cccc(C#N)c2F)c(C)c1Br. The van der Waals surface area contributed by atoms with Gasteiger partial charge in [-0.1, -0.05) is 12.1 Å². The van der Waals surface area contributed by atoms with Crippen LogP contribution < -0.4 is 5.69 Å². The minimum absolute atomic E-state index is 0.0349. The second-order valence-corrected chi connectivity index (χ2v) is 5.15. The fourth-order valence-corrected chi connectivity index (χ4v) is 2.22. The molecule has 0 spiro atoms. The van der Waals surface area contributed by atoms with Gasteiger partial charge in [0, 0.05) is 11.3 Å². The number of hydrogen-bond donors (Lipinski definition) is 0. The summed E-state index contributed by atoms with van der Waals surface area (Å²) in [5.74, 6) is -0.599. The zero-order valence-corrected chi connectivity index (χ0v) is 12.5. The first-order valence-electron chi connectivity index (χ1n) is 5.86. The maximum Gasteiger partial charge on any atom is 0.348 e. The lowest BCUT2D eigenvalue weighted by Crippen LogP contribution is -2.27. The number of halogens is 2. The fourth-order valence-electron chi connectivity index (χ4n) is 1.92. The van der Waals surface area contributed by atoms with Gasteiger partial charge in [0.25, 0.3) is 0 Å². The Hall–Kier alpha value is -2.00. The molecule has 0 fully saturated rings. The number of rotatable bonds is 2. The number of aryl methyl sites for hydroxylation is 1. The van der Waals surface area contributed by atoms with E-state index in [4.69, 9.17) is 5.26 Å². The van der Waals surface area contributed by atoms with E-state index in [0.717, 1.165) is 0 Å². The Labute approximate surface area is 123 Å². The van der Waals surface area contributed by atoms with Crippen molar-refractivity contribution in [3.63, 3.8) is 0 Å². The molecule has 0 aliphatic carbocycles. The van der Waals surface area contributed by atoms with E-state index in [9.17, 15) is 9.18 Å². The van der Waals surface area contributed by atoms with Crippen LogP contribution in [0.4, 0.5) is 4.39 Å². The molecule has 0 atom stereocenters. The van der Waals surface area contributed by atoms with E-state index in [1.165, 1.54) is 10.6 Å². The van der Waals surface area contributed by atoms with E-state index in [-0.39, 0.29) is 17.7 Å². The van der Waals surface area contributed by atoms with E-state index in [1.807, 2.05) is 0 Å². The van der Waals surface area contributed by atoms with Crippen LogP contribution in [0.1, 0.15) is 22.5 Å². The Bertz CT molecular complexity index is 777. The van der Waals surface area contributed by atoms with Crippen molar-refractivity contribution in [2.45, 2.75) is 20.4 Å². The van der Waals surface area contributed by atoms with Crippen LogP contribution in [0.2, 0.25) is 0 Å². The van der Waals surface area contributed by atoms with Crippen molar-refractivity contribution < 1.29 is 4.39 Å². The lowest BCUT2D eigenvalue weighted by molar-refractivity contribution is 0.585. The first-order chi connectivity index (χ1) is 9.45. The molecule has 0 unspecified atom stereocenters. The summed E-state index contributed by atoms with van der Waals surface area (Å²) in [5, 5.41) is 8.82. The predicted octanol–water partition coefficient (Wildman–Crippen LogP) is 2.68. The van der Waals surface area contributed by atoms with Crippen molar-refractivity contribution in [2.24, 2.45) is 0 Å². The van der Waals surface area contributed by atoms with Crippen molar-refractivity contribution in [1.29, 1.82) is 5.26 Å². The summed E-state index contributed by atoms with van der Waals surface area (Å²) in [7, 11) is 0. The molecule has 0 radical (unpaired) electrons. The van der Waals surface area contributed by atoms with Crippen molar-refractivity contribution in [1.82, 2.24) is 9.55 Å². The first kappa shape index (κ1) is 14.4. The van der Waals surface area contributed by atoms with Crippen LogP contribution in [-0.2, 0) is 6.54 Å². The minimum atomic E-state index is -0.599. The van der Waals surface area contributed by atoms with Crippen molar-refractivity contribution in [3.05, 3.63) is 61.5 Å². The van der Waals surface area contributed by atoms with Gasteiger partial charge in [0.05, 0.1) is 22.3 Å². The Morgan fingerprint density at radius 3 is 2.80 bits per heavy atom. The Morgan fingerprint density at radius 1 is 1.45 bits per heavy atom. The normalized spacial score (nSPS) is 10.3. The predicted molar refractivity (Wildman–Crippen MR) is 75.9 cm³/mol. The molecular weight excluding hydrogens is 325 g/mol. The molecule has 102 valence electrons. The molecule has 0 amide bonds. The Kier molecular flexibility index (Phi) is 4.00. The van der Waals surface area contributed by atoms with E-state index in [0.29, 0.717) is 15.9 Å². The van der Waals surface area contributed by atoms with Gasteiger partial charge in [-0.3, -0.25) is 4.57 Å². The molecular formula is C14H11BrFN3O. The summed E-state index contributed by atoms with van der Waals surface area (Å²) >= 11 is 3.36. The zero-order chi connectivity index (χ0) is 14.9. The minimum Gasteiger partial charge on any atom is -0.291 e. The van der Waals surface area contributed by atoms with Crippen LogP contribution in [0.3, 0.4) is 0 Å². The van der Waals surface area contributed by atoms with E-state index in [2.05, 4.69) is 20.9 Å². The van der Waals surface area contributed by atoms with Crippen LogP contribution in [0.15, 0.2) is 27.5 Å². The number of benzene rings is 1. The monoisotopic (exact) mass is 335 g/mol. The molecule has 0 aliphatic rings. The third-order valence-electron chi connectivity index (χ3n) is 3.06. The lowest BCUT2D eigenvalue weighted by atomic mass is 10.1. The van der Waals surface area contributed by atoms with Gasteiger partial charge in [-0.25, -0.2) is 9.18 Å². The number of nitrogens with zero attached hydrogens (tertiary/aromatic N) is 3. The summed E-state index contributed by atoms with van der Waals surface area (Å²) in [4.78, 5) is 15.8. The molecule has 4 nitrogen and oxygen atoms in total. The van der Waals surface area contributed by atoms with E-state index < -0.39 is 11.5 Å². The molecule has 1 aromatic heterocycles. The number of hydrogen-bond acceptors (Lipinski definition) is 3. The third-order valence-corrected chi connectivity index (χ3v) is 4.21. The molecule has 6 heteroatoms. The van der Waals surface area contributed by atoms with Crippen LogP contribution in [-0.4, -0.2) is 9.55 Å². The van der Waals surface area contributed by atoms with Crippen LogP contribution in [0.5, 0.6) is 0 Å². The molecule has 0 bridgehead atoms. The number of aromatic nitrogens is 2. The van der Waals surface area contributed by atoms with Crippen molar-refractivity contribution in [2.75, 3.05) is 0 Å². The molecule has 20 heavy (non-hydrogen) atoms. The van der Waals surface area contributed by atoms with Crippen LogP contribution in [0, 0.1) is 31.0 Å². The Morgan fingerprint density at radius 2 is 2.15 bits per heavy atom. The van der Waals surface area contributed by atoms with E-state index in [1.54, 1.807) is 32.0 Å². The van der Waals surface area contributed by atoms with Gasteiger partial charge in [0.15, 0.2) is 0 Å². The molecule has 1 heterocycles. The summed E-state index contributed by atoms with van der Waals surface area (Å²) in [6, 6.07) is 6.33. The molecule has 2 aromatic rings. The maximum atomic E-state index is 14.0. The highest BCUT2D eigenvalue weighted by molar-refractivity contribution is 9.10. The highest BCUT2D eigenvalue weighted by Crippen LogP contribution is 2.19. The molecule has 0 saturated carbocycles. The van der Waals surface area contributed by atoms with Gasteiger partial charge in [-0.05, 0) is 35.8 Å². The lowest BCUT2D eigenvalue weighted by Gasteiger charge is -2.13. The third kappa shape index (κ3) is 2.49. The fraction of sp³-hybridized carbons (Fsp3) is 0.214. The summed E-state index contributed by atoms with van der Waals surface area (Å²) < 4.78 is 16.1. The van der Waals surface area contributed by atoms with Crippen molar-refractivity contribution >= 4 is 15.9 Å². The average Bonchev–Trinajstić information content (AvgIpc) is 2.43. The average molecular weight is 336 g/mol. The highest BCUT2D eigenvalue weighted by atomic mass is 79.9. The topological polar surface area (TPSA) is 58.7 Å². The highest BCUT2D eigenvalue weighted by Gasteiger charge is 2.13. The second-order valence-electron chi connectivity index (χ2n) is 4.36. The van der Waals surface area contributed by atoms with Gasteiger partial charge >= 0.3 is 5.69 Å². The van der Waals surface area contributed by atoms with Crippen LogP contribution in [0.25, 0.3) is 0 Å².